The van der Waals surface area contributed by atoms with Crippen molar-refractivity contribution in [2.75, 3.05) is 6.54 Å². The fraction of sp³-hybridized carbons (Fsp3) is 0.364. The fourth-order valence-electron chi connectivity index (χ4n) is 1.90. The zero-order chi connectivity index (χ0) is 12.5. The minimum atomic E-state index is -3.53. The van der Waals surface area contributed by atoms with E-state index < -0.39 is 16.1 Å². The van der Waals surface area contributed by atoms with Gasteiger partial charge >= 0.3 is 0 Å². The molecule has 1 unspecified atom stereocenters. The van der Waals surface area contributed by atoms with Gasteiger partial charge in [-0.3, -0.25) is 0 Å². The topological polar surface area (TPSA) is 61.2 Å². The van der Waals surface area contributed by atoms with Crippen LogP contribution in [-0.4, -0.2) is 25.3 Å². The van der Waals surface area contributed by atoms with Crippen molar-refractivity contribution >= 4 is 26.0 Å². The van der Waals surface area contributed by atoms with Gasteiger partial charge in [0.15, 0.2) is 0 Å². The Hall–Kier alpha value is -0.900. The molecule has 0 amide bonds. The van der Waals surface area contributed by atoms with E-state index in [1.54, 1.807) is 24.3 Å². The van der Waals surface area contributed by atoms with Gasteiger partial charge in [0, 0.05) is 11.0 Å². The van der Waals surface area contributed by atoms with Gasteiger partial charge in [0.2, 0.25) is 10.0 Å². The molecule has 0 N–H and O–H groups in total. The molecule has 17 heavy (non-hydrogen) atoms. The average Bonchev–Trinajstić information content (AvgIpc) is 2.78. The van der Waals surface area contributed by atoms with Crippen molar-refractivity contribution in [2.24, 2.45) is 0 Å². The van der Waals surface area contributed by atoms with E-state index in [0.717, 1.165) is 10.9 Å². The van der Waals surface area contributed by atoms with Crippen LogP contribution in [0.15, 0.2) is 33.6 Å². The van der Waals surface area contributed by atoms with Gasteiger partial charge in [-0.2, -0.15) is 9.57 Å². The van der Waals surface area contributed by atoms with Crippen LogP contribution in [0.3, 0.4) is 0 Å². The van der Waals surface area contributed by atoms with E-state index >= 15 is 0 Å². The van der Waals surface area contributed by atoms with E-state index in [0.29, 0.717) is 13.0 Å². The molecule has 0 radical (unpaired) electrons. The lowest BCUT2D eigenvalue weighted by atomic mass is 10.2. The average molecular weight is 315 g/mol. The Morgan fingerprint density at radius 3 is 2.59 bits per heavy atom. The summed E-state index contributed by atoms with van der Waals surface area (Å²) in [6.45, 7) is 0.427. The number of sulfonamides is 1. The van der Waals surface area contributed by atoms with E-state index in [1.807, 2.05) is 6.07 Å². The maximum absolute atomic E-state index is 12.3. The molecule has 0 spiro atoms. The molecule has 1 aliphatic heterocycles. The number of hydrogen-bond acceptors (Lipinski definition) is 3. The van der Waals surface area contributed by atoms with E-state index in [2.05, 4.69) is 15.9 Å². The smallest absolute Gasteiger partial charge is 0.207 e. The summed E-state index contributed by atoms with van der Waals surface area (Å²) < 4.78 is 26.7. The van der Waals surface area contributed by atoms with Crippen LogP contribution in [0.4, 0.5) is 0 Å². The lowest BCUT2D eigenvalue weighted by molar-refractivity contribution is 0.437. The number of hydrogen-bond donors (Lipinski definition) is 0. The number of rotatable bonds is 2. The molecule has 2 rings (SSSR count). The molecule has 1 aromatic carbocycles. The molecule has 1 aliphatic rings. The lowest BCUT2D eigenvalue weighted by Crippen LogP contribution is -2.34. The highest BCUT2D eigenvalue weighted by molar-refractivity contribution is 9.10. The fourth-order valence-corrected chi connectivity index (χ4v) is 3.77. The third kappa shape index (κ3) is 2.37. The second-order valence-electron chi connectivity index (χ2n) is 3.86. The number of nitriles is 1. The van der Waals surface area contributed by atoms with Crippen molar-refractivity contribution in [1.29, 1.82) is 5.26 Å². The first kappa shape index (κ1) is 12.6. The van der Waals surface area contributed by atoms with E-state index in [1.165, 1.54) is 4.31 Å². The van der Waals surface area contributed by atoms with Crippen molar-refractivity contribution in [3.8, 4) is 6.07 Å². The third-order valence-electron chi connectivity index (χ3n) is 2.77. The van der Waals surface area contributed by atoms with Crippen LogP contribution in [0.2, 0.25) is 0 Å². The van der Waals surface area contributed by atoms with E-state index in [-0.39, 0.29) is 4.90 Å². The normalized spacial score (nSPS) is 21.3. The Bertz CT molecular complexity index is 548. The van der Waals surface area contributed by atoms with Crippen molar-refractivity contribution in [2.45, 2.75) is 23.8 Å². The minimum Gasteiger partial charge on any atom is -0.207 e. The van der Waals surface area contributed by atoms with Gasteiger partial charge in [-0.05, 0) is 37.1 Å². The van der Waals surface area contributed by atoms with Crippen LogP contribution in [0, 0.1) is 11.3 Å². The minimum absolute atomic E-state index is 0.239. The van der Waals surface area contributed by atoms with Crippen molar-refractivity contribution in [1.82, 2.24) is 4.31 Å². The highest BCUT2D eigenvalue weighted by atomic mass is 79.9. The van der Waals surface area contributed by atoms with Crippen LogP contribution >= 0.6 is 15.9 Å². The van der Waals surface area contributed by atoms with Crippen LogP contribution < -0.4 is 0 Å². The highest BCUT2D eigenvalue weighted by Gasteiger charge is 2.35. The summed E-state index contributed by atoms with van der Waals surface area (Å²) in [6.07, 6.45) is 1.36. The summed E-state index contributed by atoms with van der Waals surface area (Å²) in [5, 5.41) is 8.93. The molecule has 6 heteroatoms. The van der Waals surface area contributed by atoms with Gasteiger partial charge < -0.3 is 0 Å². The number of benzene rings is 1. The molecule has 1 atom stereocenters. The molecular weight excluding hydrogens is 304 g/mol. The largest absolute Gasteiger partial charge is 0.244 e. The molecule has 0 aromatic heterocycles. The molecule has 1 fully saturated rings. The molecule has 1 heterocycles. The maximum atomic E-state index is 12.3. The first-order valence-electron chi connectivity index (χ1n) is 5.23. The number of halogens is 1. The van der Waals surface area contributed by atoms with Gasteiger partial charge in [-0.15, -0.1) is 0 Å². The summed E-state index contributed by atoms with van der Waals surface area (Å²) in [5.41, 5.74) is 0. The molecule has 90 valence electrons. The van der Waals surface area contributed by atoms with E-state index in [4.69, 9.17) is 5.26 Å². The molecule has 4 nitrogen and oxygen atoms in total. The van der Waals surface area contributed by atoms with Crippen LogP contribution in [0.1, 0.15) is 12.8 Å². The Balaban J connectivity index is 2.37. The molecule has 0 aliphatic carbocycles. The molecule has 0 bridgehead atoms. The zero-order valence-corrected chi connectivity index (χ0v) is 11.4. The van der Waals surface area contributed by atoms with Gasteiger partial charge in [0.25, 0.3) is 0 Å². The van der Waals surface area contributed by atoms with Crippen molar-refractivity contribution in [3.63, 3.8) is 0 Å². The van der Waals surface area contributed by atoms with E-state index in [9.17, 15) is 8.42 Å². The first-order chi connectivity index (χ1) is 8.05. The summed E-state index contributed by atoms with van der Waals surface area (Å²) in [7, 11) is -3.53. The van der Waals surface area contributed by atoms with Gasteiger partial charge in [0.05, 0.1) is 11.0 Å². The van der Waals surface area contributed by atoms with Crippen LogP contribution in [-0.2, 0) is 10.0 Å². The predicted octanol–water partition coefficient (Wildman–Crippen LogP) is 2.13. The summed E-state index contributed by atoms with van der Waals surface area (Å²) in [5.74, 6) is 0. The van der Waals surface area contributed by atoms with Crippen molar-refractivity contribution < 1.29 is 8.42 Å². The predicted molar refractivity (Wildman–Crippen MR) is 66.7 cm³/mol. The Morgan fingerprint density at radius 2 is 2.00 bits per heavy atom. The van der Waals surface area contributed by atoms with Gasteiger partial charge in [-0.1, -0.05) is 15.9 Å². The number of nitrogens with zero attached hydrogens (tertiary/aromatic N) is 2. The molecule has 1 saturated heterocycles. The SMILES string of the molecule is N#CC1CCCN1S(=O)(=O)c1ccc(Br)cc1. The second-order valence-corrected chi connectivity index (χ2v) is 6.66. The van der Waals surface area contributed by atoms with Gasteiger partial charge in [-0.25, -0.2) is 8.42 Å². The first-order valence-corrected chi connectivity index (χ1v) is 7.46. The quantitative estimate of drug-likeness (QED) is 0.840. The molecular formula is C11H11BrN2O2S. The highest BCUT2D eigenvalue weighted by Crippen LogP contribution is 2.26. The van der Waals surface area contributed by atoms with Gasteiger partial charge in [0.1, 0.15) is 6.04 Å². The standard InChI is InChI=1S/C11H11BrN2O2S/c12-9-3-5-11(6-4-9)17(15,16)14-7-1-2-10(14)8-13/h3-6,10H,1-2,7H2. The Morgan fingerprint density at radius 1 is 1.35 bits per heavy atom. The Labute approximate surface area is 109 Å². The molecule has 1 aromatic rings. The lowest BCUT2D eigenvalue weighted by Gasteiger charge is -2.19. The second kappa shape index (κ2) is 4.77. The zero-order valence-electron chi connectivity index (χ0n) is 9.01. The van der Waals surface area contributed by atoms with Crippen LogP contribution in [0.25, 0.3) is 0 Å². The summed E-state index contributed by atoms with van der Waals surface area (Å²) in [4.78, 5) is 0.239. The summed E-state index contributed by atoms with van der Waals surface area (Å²) >= 11 is 3.26. The monoisotopic (exact) mass is 314 g/mol. The summed E-state index contributed by atoms with van der Waals surface area (Å²) in [6, 6.07) is 7.98. The Kier molecular flexibility index (Phi) is 3.52. The third-order valence-corrected chi connectivity index (χ3v) is 5.22. The maximum Gasteiger partial charge on any atom is 0.244 e. The van der Waals surface area contributed by atoms with Crippen molar-refractivity contribution in [3.05, 3.63) is 28.7 Å². The molecule has 0 saturated carbocycles. The van der Waals surface area contributed by atoms with Crippen LogP contribution in [0.5, 0.6) is 0 Å².